The van der Waals surface area contributed by atoms with Crippen molar-refractivity contribution in [2.75, 3.05) is 18.0 Å². The summed E-state index contributed by atoms with van der Waals surface area (Å²) in [6, 6.07) is 1.39. The molecule has 0 unspecified atom stereocenters. The molecule has 2 fully saturated rings. The van der Waals surface area contributed by atoms with Gasteiger partial charge in [0.1, 0.15) is 0 Å². The van der Waals surface area contributed by atoms with E-state index in [0.29, 0.717) is 16.3 Å². The molecule has 1 saturated carbocycles. The van der Waals surface area contributed by atoms with E-state index in [1.54, 1.807) is 0 Å². The highest BCUT2D eigenvalue weighted by molar-refractivity contribution is 6.30. The van der Waals surface area contributed by atoms with Gasteiger partial charge in [-0.3, -0.25) is 10.1 Å². The average Bonchev–Trinajstić information content (AvgIpc) is 3.08. The van der Waals surface area contributed by atoms with Crippen LogP contribution in [0.25, 0.3) is 0 Å². The molecule has 3 rings (SSSR count). The highest BCUT2D eigenvalue weighted by Crippen LogP contribution is 2.52. The number of nitro groups is 1. The van der Waals surface area contributed by atoms with Crippen LogP contribution < -0.4 is 4.90 Å². The quantitative estimate of drug-likeness (QED) is 0.610. The van der Waals surface area contributed by atoms with Crippen LogP contribution in [0.5, 0.6) is 0 Å². The van der Waals surface area contributed by atoms with Gasteiger partial charge >= 0.3 is 5.69 Å². The van der Waals surface area contributed by atoms with Crippen LogP contribution in [0.1, 0.15) is 25.7 Å². The van der Waals surface area contributed by atoms with Gasteiger partial charge in [-0.15, -0.1) is 0 Å². The minimum absolute atomic E-state index is 0.0141. The lowest BCUT2D eigenvalue weighted by molar-refractivity contribution is -0.384. The second-order valence-corrected chi connectivity index (χ2v) is 5.71. The van der Waals surface area contributed by atoms with E-state index in [2.05, 4.69) is 4.98 Å². The fourth-order valence-corrected chi connectivity index (χ4v) is 2.93. The van der Waals surface area contributed by atoms with Gasteiger partial charge in [0.25, 0.3) is 0 Å². The molecule has 1 aromatic rings. The summed E-state index contributed by atoms with van der Waals surface area (Å²) in [6.45, 7) is 1.74. The fourth-order valence-electron chi connectivity index (χ4n) is 2.77. The molecule has 1 aliphatic carbocycles. The van der Waals surface area contributed by atoms with Crippen LogP contribution in [-0.2, 0) is 0 Å². The number of pyridine rings is 1. The lowest BCUT2D eigenvalue weighted by Crippen LogP contribution is -2.37. The number of hydrogen-bond donors (Lipinski definition) is 0. The molecule has 5 nitrogen and oxygen atoms in total. The third kappa shape index (κ3) is 2.03. The second kappa shape index (κ2) is 4.09. The van der Waals surface area contributed by atoms with Gasteiger partial charge in [0, 0.05) is 25.4 Å². The van der Waals surface area contributed by atoms with Crippen molar-refractivity contribution in [1.29, 1.82) is 0 Å². The van der Waals surface area contributed by atoms with E-state index in [-0.39, 0.29) is 5.69 Å². The van der Waals surface area contributed by atoms with E-state index in [1.165, 1.54) is 31.5 Å². The predicted octanol–water partition coefficient (Wildman–Crippen LogP) is 3.02. The topological polar surface area (TPSA) is 59.3 Å². The van der Waals surface area contributed by atoms with Crippen molar-refractivity contribution in [3.63, 3.8) is 0 Å². The summed E-state index contributed by atoms with van der Waals surface area (Å²) < 4.78 is 0. The Kier molecular flexibility index (Phi) is 2.66. The molecule has 2 aliphatic rings. The van der Waals surface area contributed by atoms with Crippen LogP contribution in [-0.4, -0.2) is 23.0 Å². The first-order valence-electron chi connectivity index (χ1n) is 6.15. The molecule has 0 atom stereocenters. The zero-order valence-electron chi connectivity index (χ0n) is 9.93. The third-order valence-electron chi connectivity index (χ3n) is 3.93. The Morgan fingerprint density at radius 3 is 2.89 bits per heavy atom. The first-order chi connectivity index (χ1) is 8.60. The summed E-state index contributed by atoms with van der Waals surface area (Å²) in [5, 5.41) is 11.4. The van der Waals surface area contributed by atoms with E-state index in [1.807, 2.05) is 4.90 Å². The van der Waals surface area contributed by atoms with Crippen molar-refractivity contribution in [2.45, 2.75) is 25.7 Å². The van der Waals surface area contributed by atoms with Crippen LogP contribution in [0, 0.1) is 15.5 Å². The first-order valence-corrected chi connectivity index (χ1v) is 6.52. The minimum atomic E-state index is -0.400. The predicted molar refractivity (Wildman–Crippen MR) is 69.0 cm³/mol. The molecular formula is C12H14ClN3O2. The number of aromatic nitrogens is 1. The fraction of sp³-hybridized carbons (Fsp3) is 0.583. The molecule has 1 aliphatic heterocycles. The van der Waals surface area contributed by atoms with Gasteiger partial charge < -0.3 is 4.90 Å². The van der Waals surface area contributed by atoms with Crippen molar-refractivity contribution in [1.82, 2.24) is 4.98 Å². The molecule has 2 heterocycles. The molecule has 18 heavy (non-hydrogen) atoms. The molecule has 1 aromatic heterocycles. The highest BCUT2D eigenvalue weighted by atomic mass is 35.5. The van der Waals surface area contributed by atoms with Gasteiger partial charge in [-0.05, 0) is 31.1 Å². The van der Waals surface area contributed by atoms with E-state index < -0.39 is 4.92 Å². The first kappa shape index (κ1) is 11.7. The highest BCUT2D eigenvalue weighted by Gasteiger charge is 2.46. The largest absolute Gasteiger partial charge is 0.350 e. The van der Waals surface area contributed by atoms with Crippen LogP contribution in [0.2, 0.25) is 5.02 Å². The van der Waals surface area contributed by atoms with Gasteiger partial charge in [0.05, 0.1) is 9.95 Å². The smallest absolute Gasteiger partial charge is 0.313 e. The normalized spacial score (nSPS) is 21.1. The minimum Gasteiger partial charge on any atom is -0.350 e. The van der Waals surface area contributed by atoms with Crippen molar-refractivity contribution in [3.05, 3.63) is 27.4 Å². The Balaban J connectivity index is 1.93. The maximum absolute atomic E-state index is 11.1. The maximum atomic E-state index is 11.1. The summed E-state index contributed by atoms with van der Waals surface area (Å²) in [7, 11) is 0. The number of anilines is 1. The second-order valence-electron chi connectivity index (χ2n) is 5.28. The molecule has 0 N–H and O–H groups in total. The van der Waals surface area contributed by atoms with Crippen LogP contribution >= 0.6 is 11.6 Å². The summed E-state index contributed by atoms with van der Waals surface area (Å²) in [5.74, 6) is 0.468. The van der Waals surface area contributed by atoms with E-state index in [9.17, 15) is 10.1 Å². The SMILES string of the molecule is O=[N+]([O-])c1cc(Cl)cnc1N1CCCC2(CC2)C1. The molecule has 0 aromatic carbocycles. The van der Waals surface area contributed by atoms with Crippen molar-refractivity contribution in [3.8, 4) is 0 Å². The molecule has 0 bridgehead atoms. The number of nitrogens with zero attached hydrogens (tertiary/aromatic N) is 3. The summed E-state index contributed by atoms with van der Waals surface area (Å²) in [6.07, 6.45) is 6.29. The van der Waals surface area contributed by atoms with Crippen LogP contribution in [0.4, 0.5) is 11.5 Å². The molecule has 0 amide bonds. The standard InChI is InChI=1S/C12H14ClN3O2/c13-9-6-10(16(17)18)11(14-7-9)15-5-1-2-12(8-15)3-4-12/h6-7H,1-5,8H2. The van der Waals surface area contributed by atoms with Crippen LogP contribution in [0.3, 0.4) is 0 Å². The molecular weight excluding hydrogens is 254 g/mol. The molecule has 0 radical (unpaired) electrons. The number of halogens is 1. The molecule has 1 saturated heterocycles. The lowest BCUT2D eigenvalue weighted by Gasteiger charge is -2.33. The van der Waals surface area contributed by atoms with E-state index >= 15 is 0 Å². The Labute approximate surface area is 110 Å². The maximum Gasteiger partial charge on any atom is 0.313 e. The number of hydrogen-bond acceptors (Lipinski definition) is 4. The van der Waals surface area contributed by atoms with Gasteiger partial charge in [-0.2, -0.15) is 0 Å². The Bertz CT molecular complexity index is 502. The molecule has 96 valence electrons. The molecule has 6 heteroatoms. The van der Waals surface area contributed by atoms with E-state index in [4.69, 9.17) is 11.6 Å². The Hall–Kier alpha value is -1.36. The number of piperidine rings is 1. The lowest BCUT2D eigenvalue weighted by atomic mass is 9.95. The van der Waals surface area contributed by atoms with Crippen molar-refractivity contribution >= 4 is 23.1 Å². The monoisotopic (exact) mass is 267 g/mol. The van der Waals surface area contributed by atoms with Crippen molar-refractivity contribution in [2.24, 2.45) is 5.41 Å². The van der Waals surface area contributed by atoms with Crippen molar-refractivity contribution < 1.29 is 4.92 Å². The average molecular weight is 268 g/mol. The van der Waals surface area contributed by atoms with Crippen LogP contribution in [0.15, 0.2) is 12.3 Å². The van der Waals surface area contributed by atoms with Gasteiger partial charge in [0.15, 0.2) is 0 Å². The molecule has 1 spiro atoms. The number of rotatable bonds is 2. The van der Waals surface area contributed by atoms with E-state index in [0.717, 1.165) is 19.5 Å². The zero-order valence-corrected chi connectivity index (χ0v) is 10.7. The summed E-state index contributed by atoms with van der Waals surface area (Å²) in [5.41, 5.74) is 0.424. The zero-order chi connectivity index (χ0) is 12.8. The van der Waals surface area contributed by atoms with Gasteiger partial charge in [0.2, 0.25) is 5.82 Å². The van der Waals surface area contributed by atoms with Gasteiger partial charge in [-0.1, -0.05) is 11.6 Å². The Morgan fingerprint density at radius 1 is 1.44 bits per heavy atom. The Morgan fingerprint density at radius 2 is 2.22 bits per heavy atom. The third-order valence-corrected chi connectivity index (χ3v) is 4.14. The van der Waals surface area contributed by atoms with Gasteiger partial charge in [-0.25, -0.2) is 4.98 Å². The summed E-state index contributed by atoms with van der Waals surface area (Å²) in [4.78, 5) is 16.9. The summed E-state index contributed by atoms with van der Waals surface area (Å²) >= 11 is 5.78.